The predicted octanol–water partition coefficient (Wildman–Crippen LogP) is 2.85. The van der Waals surface area contributed by atoms with Gasteiger partial charge in [0.15, 0.2) is 0 Å². The third-order valence-corrected chi connectivity index (χ3v) is 5.40. The lowest BCUT2D eigenvalue weighted by Gasteiger charge is -2.35. The highest BCUT2D eigenvalue weighted by molar-refractivity contribution is 6.25. The first-order valence-electron chi connectivity index (χ1n) is 9.77. The van der Waals surface area contributed by atoms with Crippen LogP contribution in [-0.4, -0.2) is 59.4 Å². The van der Waals surface area contributed by atoms with Crippen molar-refractivity contribution < 1.29 is 19.1 Å². The van der Waals surface area contributed by atoms with Crippen LogP contribution in [0.15, 0.2) is 36.4 Å². The molecule has 0 N–H and O–H groups in total. The van der Waals surface area contributed by atoms with E-state index in [4.69, 9.17) is 4.74 Å². The fourth-order valence-corrected chi connectivity index (χ4v) is 4.21. The smallest absolute Gasteiger partial charge is 0.261 e. The van der Waals surface area contributed by atoms with Gasteiger partial charge in [0, 0.05) is 42.6 Å². The number of hydrogen-bond donors (Lipinski definition) is 0. The third-order valence-electron chi connectivity index (χ3n) is 5.40. The van der Waals surface area contributed by atoms with Gasteiger partial charge >= 0.3 is 0 Å². The van der Waals surface area contributed by atoms with Gasteiger partial charge in [-0.1, -0.05) is 24.3 Å². The SMILES string of the molecule is C[C@H]1CN(C(=O)CCCN2C(=O)c3cccc4cccc(c34)C2=O)C[C@H](C)O1. The van der Waals surface area contributed by atoms with E-state index in [0.29, 0.717) is 37.1 Å². The summed E-state index contributed by atoms with van der Waals surface area (Å²) < 4.78 is 5.66. The molecule has 2 aromatic rings. The molecule has 0 aromatic heterocycles. The molecule has 0 saturated carbocycles. The van der Waals surface area contributed by atoms with Crippen LogP contribution in [0.5, 0.6) is 0 Å². The molecule has 0 aliphatic carbocycles. The molecule has 2 aromatic carbocycles. The summed E-state index contributed by atoms with van der Waals surface area (Å²) in [7, 11) is 0. The van der Waals surface area contributed by atoms with Gasteiger partial charge in [-0.3, -0.25) is 19.3 Å². The van der Waals surface area contributed by atoms with Crippen molar-refractivity contribution in [1.29, 1.82) is 0 Å². The summed E-state index contributed by atoms with van der Waals surface area (Å²) in [6.45, 7) is 5.32. The maximum atomic E-state index is 12.9. The molecule has 6 heteroatoms. The van der Waals surface area contributed by atoms with Crippen LogP contribution in [0.2, 0.25) is 0 Å². The molecule has 4 rings (SSSR count). The number of morpholine rings is 1. The monoisotopic (exact) mass is 380 g/mol. The Bertz CT molecular complexity index is 894. The Morgan fingerprint density at radius 2 is 1.57 bits per heavy atom. The molecule has 146 valence electrons. The quantitative estimate of drug-likeness (QED) is 0.765. The molecule has 6 nitrogen and oxygen atoms in total. The molecule has 3 amide bonds. The molecule has 0 spiro atoms. The molecule has 2 atom stereocenters. The zero-order chi connectivity index (χ0) is 19.8. The first-order valence-corrected chi connectivity index (χ1v) is 9.77. The van der Waals surface area contributed by atoms with Gasteiger partial charge in [0.2, 0.25) is 5.91 Å². The Morgan fingerprint density at radius 1 is 1.00 bits per heavy atom. The molecule has 2 aliphatic heterocycles. The standard InChI is InChI=1S/C22H24N2O4/c1-14-12-23(13-15(2)28-14)19(25)10-5-11-24-21(26)17-8-3-6-16-7-4-9-18(20(16)17)22(24)27/h3-4,6-9,14-15H,5,10-13H2,1-2H3/t14-,15-/m0/s1. The van der Waals surface area contributed by atoms with Crippen molar-refractivity contribution in [1.82, 2.24) is 9.80 Å². The number of benzene rings is 2. The second-order valence-electron chi connectivity index (χ2n) is 7.63. The molecule has 1 fully saturated rings. The maximum absolute atomic E-state index is 12.9. The Hall–Kier alpha value is -2.73. The minimum absolute atomic E-state index is 0.0231. The minimum atomic E-state index is -0.282. The van der Waals surface area contributed by atoms with Crippen LogP contribution < -0.4 is 0 Å². The van der Waals surface area contributed by atoms with Crippen molar-refractivity contribution in [2.75, 3.05) is 19.6 Å². The van der Waals surface area contributed by atoms with Gasteiger partial charge < -0.3 is 9.64 Å². The van der Waals surface area contributed by atoms with Gasteiger partial charge in [0.1, 0.15) is 0 Å². The van der Waals surface area contributed by atoms with E-state index in [1.807, 2.05) is 43.0 Å². The summed E-state index contributed by atoms with van der Waals surface area (Å²) in [5, 5.41) is 1.62. The fraction of sp³-hybridized carbons (Fsp3) is 0.409. The predicted molar refractivity (Wildman–Crippen MR) is 105 cm³/mol. The normalized spacial score (nSPS) is 22.1. The highest BCUT2D eigenvalue weighted by atomic mass is 16.5. The van der Waals surface area contributed by atoms with Crippen LogP contribution in [0.4, 0.5) is 0 Å². The average Bonchev–Trinajstić information content (AvgIpc) is 2.67. The Labute approximate surface area is 164 Å². The van der Waals surface area contributed by atoms with E-state index >= 15 is 0 Å². The summed E-state index contributed by atoms with van der Waals surface area (Å²) >= 11 is 0. The van der Waals surface area contributed by atoms with Crippen molar-refractivity contribution in [3.8, 4) is 0 Å². The minimum Gasteiger partial charge on any atom is -0.372 e. The fourth-order valence-electron chi connectivity index (χ4n) is 4.21. The summed E-state index contributed by atoms with van der Waals surface area (Å²) in [5.74, 6) is -0.521. The van der Waals surface area contributed by atoms with Crippen LogP contribution in [-0.2, 0) is 9.53 Å². The van der Waals surface area contributed by atoms with Gasteiger partial charge in [-0.2, -0.15) is 0 Å². The lowest BCUT2D eigenvalue weighted by Crippen LogP contribution is -2.48. The number of rotatable bonds is 4. The van der Waals surface area contributed by atoms with Crippen LogP contribution in [0.3, 0.4) is 0 Å². The lowest BCUT2D eigenvalue weighted by atomic mass is 9.94. The highest BCUT2D eigenvalue weighted by Gasteiger charge is 2.32. The Balaban J connectivity index is 1.44. The topological polar surface area (TPSA) is 66.9 Å². The molecule has 2 aliphatic rings. The van der Waals surface area contributed by atoms with Crippen LogP contribution >= 0.6 is 0 Å². The largest absolute Gasteiger partial charge is 0.372 e. The average molecular weight is 380 g/mol. The number of nitrogens with zero attached hydrogens (tertiary/aromatic N) is 2. The molecule has 28 heavy (non-hydrogen) atoms. The summed E-state index contributed by atoms with van der Waals surface area (Å²) in [6, 6.07) is 11.0. The van der Waals surface area contributed by atoms with Crippen molar-refractivity contribution in [3.63, 3.8) is 0 Å². The van der Waals surface area contributed by atoms with E-state index in [1.165, 1.54) is 4.90 Å². The van der Waals surface area contributed by atoms with Crippen molar-refractivity contribution >= 4 is 28.5 Å². The van der Waals surface area contributed by atoms with Gasteiger partial charge in [0.25, 0.3) is 11.8 Å². The molecular weight excluding hydrogens is 356 g/mol. The second-order valence-corrected chi connectivity index (χ2v) is 7.63. The van der Waals surface area contributed by atoms with E-state index in [2.05, 4.69) is 0 Å². The number of amides is 3. The molecule has 0 radical (unpaired) electrons. The summed E-state index contributed by atoms with van der Waals surface area (Å²) in [6.07, 6.45) is 0.807. The van der Waals surface area contributed by atoms with Gasteiger partial charge in [-0.25, -0.2) is 0 Å². The van der Waals surface area contributed by atoms with Crippen LogP contribution in [0, 0.1) is 0 Å². The highest BCUT2D eigenvalue weighted by Crippen LogP contribution is 2.30. The maximum Gasteiger partial charge on any atom is 0.261 e. The first kappa shape index (κ1) is 18.6. The van der Waals surface area contributed by atoms with Crippen molar-refractivity contribution in [2.24, 2.45) is 0 Å². The van der Waals surface area contributed by atoms with E-state index in [0.717, 1.165) is 10.8 Å². The molecular formula is C22H24N2O4. The van der Waals surface area contributed by atoms with E-state index in [9.17, 15) is 14.4 Å². The summed E-state index contributed by atoms with van der Waals surface area (Å²) in [5.41, 5.74) is 1.10. The number of carbonyl (C=O) groups is 3. The Kier molecular flexibility index (Phi) is 4.89. The zero-order valence-electron chi connectivity index (χ0n) is 16.2. The molecule has 1 saturated heterocycles. The van der Waals surface area contributed by atoms with Gasteiger partial charge in [-0.15, -0.1) is 0 Å². The van der Waals surface area contributed by atoms with E-state index in [1.54, 1.807) is 12.1 Å². The second kappa shape index (κ2) is 7.36. The number of carbonyl (C=O) groups excluding carboxylic acids is 3. The molecule has 2 heterocycles. The number of hydrogen-bond acceptors (Lipinski definition) is 4. The van der Waals surface area contributed by atoms with Crippen LogP contribution in [0.1, 0.15) is 47.4 Å². The zero-order valence-corrected chi connectivity index (χ0v) is 16.2. The van der Waals surface area contributed by atoms with Crippen LogP contribution in [0.25, 0.3) is 10.8 Å². The van der Waals surface area contributed by atoms with Crippen molar-refractivity contribution in [3.05, 3.63) is 47.5 Å². The first-order chi connectivity index (χ1) is 13.5. The number of imide groups is 1. The molecule has 0 unspecified atom stereocenters. The summed E-state index contributed by atoms with van der Waals surface area (Å²) in [4.78, 5) is 41.4. The van der Waals surface area contributed by atoms with E-state index < -0.39 is 0 Å². The molecule has 0 bridgehead atoms. The van der Waals surface area contributed by atoms with Gasteiger partial charge in [-0.05, 0) is 37.8 Å². The van der Waals surface area contributed by atoms with Gasteiger partial charge in [0.05, 0.1) is 12.2 Å². The third kappa shape index (κ3) is 3.29. The number of ether oxygens (including phenoxy) is 1. The van der Waals surface area contributed by atoms with E-state index in [-0.39, 0.29) is 36.5 Å². The Morgan fingerprint density at radius 3 is 2.14 bits per heavy atom. The lowest BCUT2D eigenvalue weighted by molar-refractivity contribution is -0.143. The van der Waals surface area contributed by atoms with Crippen molar-refractivity contribution in [2.45, 2.75) is 38.9 Å².